The molecule has 0 aliphatic heterocycles. The zero-order valence-electron chi connectivity index (χ0n) is 10.0. The van der Waals surface area contributed by atoms with Crippen LogP contribution in [0.4, 0.5) is 0 Å². The molecular weight excluding hydrogens is 232 g/mol. The third-order valence-electron chi connectivity index (χ3n) is 2.74. The number of rotatable bonds is 2. The van der Waals surface area contributed by atoms with Crippen molar-refractivity contribution in [3.8, 4) is 11.1 Å². The quantitative estimate of drug-likeness (QED) is 0.843. The maximum Gasteiger partial charge on any atom is 0.342 e. The third kappa shape index (κ3) is 2.02. The van der Waals surface area contributed by atoms with Crippen LogP contribution in [0.5, 0.6) is 0 Å². The van der Waals surface area contributed by atoms with Crippen LogP contribution in [0, 0.1) is 13.8 Å². The number of aromatic amines is 1. The number of aryl methyl sites for hydroxylation is 2. The summed E-state index contributed by atoms with van der Waals surface area (Å²) in [6.07, 6.45) is 1.36. The van der Waals surface area contributed by atoms with E-state index in [1.54, 1.807) is 6.07 Å². The Morgan fingerprint density at radius 2 is 2.00 bits per heavy atom. The Hall–Kier alpha value is -2.43. The molecule has 0 atom stereocenters. The largest absolute Gasteiger partial charge is 0.477 e. The highest BCUT2D eigenvalue weighted by Gasteiger charge is 2.17. The van der Waals surface area contributed by atoms with Crippen molar-refractivity contribution in [3.05, 3.63) is 51.4 Å². The number of nitrogens with one attached hydrogen (secondary N) is 1. The summed E-state index contributed by atoms with van der Waals surface area (Å²) in [5.41, 5.74) is 2.05. The van der Waals surface area contributed by atoms with Gasteiger partial charge in [0.15, 0.2) is 0 Å². The first-order valence-corrected chi connectivity index (χ1v) is 5.39. The van der Waals surface area contributed by atoms with E-state index in [4.69, 9.17) is 5.11 Å². The van der Waals surface area contributed by atoms with Gasteiger partial charge in [0.05, 0.1) is 6.20 Å². The predicted octanol–water partition coefficient (Wildman–Crippen LogP) is 1.75. The molecule has 2 aromatic rings. The zero-order chi connectivity index (χ0) is 13.3. The molecule has 18 heavy (non-hydrogen) atoms. The Balaban J connectivity index is 2.75. The Morgan fingerprint density at radius 1 is 1.28 bits per heavy atom. The summed E-state index contributed by atoms with van der Waals surface area (Å²) >= 11 is 0. The number of carboxylic acid groups (broad SMARTS) is 1. The van der Waals surface area contributed by atoms with E-state index in [2.05, 4.69) is 10.2 Å². The second-order valence-electron chi connectivity index (χ2n) is 4.11. The van der Waals surface area contributed by atoms with E-state index in [1.807, 2.05) is 26.0 Å². The molecule has 0 radical (unpaired) electrons. The SMILES string of the molecule is Cc1ccc(-c2cn[nH]c(=O)c2C(=O)O)c(C)c1. The number of carbonyl (C=O) groups is 1. The average Bonchev–Trinajstić information content (AvgIpc) is 2.28. The maximum atomic E-state index is 11.5. The fourth-order valence-corrected chi connectivity index (χ4v) is 1.93. The standard InChI is InChI=1S/C13H12N2O3/c1-7-3-4-9(8(2)5-7)10-6-14-15-12(16)11(10)13(17)18/h3-6H,1-2H3,(H,15,16)(H,17,18). The van der Waals surface area contributed by atoms with Gasteiger partial charge in [-0.15, -0.1) is 0 Å². The molecule has 5 nitrogen and oxygen atoms in total. The van der Waals surface area contributed by atoms with Gasteiger partial charge in [0, 0.05) is 5.56 Å². The fraction of sp³-hybridized carbons (Fsp3) is 0.154. The van der Waals surface area contributed by atoms with Crippen LogP contribution in [0.25, 0.3) is 11.1 Å². The Labute approximate surface area is 103 Å². The minimum atomic E-state index is -1.26. The van der Waals surface area contributed by atoms with Crippen molar-refractivity contribution in [2.24, 2.45) is 0 Å². The van der Waals surface area contributed by atoms with Gasteiger partial charge in [0.1, 0.15) is 5.56 Å². The number of hydrogen-bond donors (Lipinski definition) is 2. The first-order chi connectivity index (χ1) is 8.50. The van der Waals surface area contributed by atoms with Gasteiger partial charge in [-0.2, -0.15) is 5.10 Å². The summed E-state index contributed by atoms with van der Waals surface area (Å²) in [7, 11) is 0. The summed E-state index contributed by atoms with van der Waals surface area (Å²) < 4.78 is 0. The number of H-pyrrole nitrogens is 1. The monoisotopic (exact) mass is 244 g/mol. The van der Waals surface area contributed by atoms with E-state index in [0.717, 1.165) is 11.1 Å². The highest BCUT2D eigenvalue weighted by Crippen LogP contribution is 2.25. The molecule has 2 rings (SSSR count). The van der Waals surface area contributed by atoms with Crippen molar-refractivity contribution in [2.75, 3.05) is 0 Å². The van der Waals surface area contributed by atoms with E-state index in [1.165, 1.54) is 6.20 Å². The number of aromatic nitrogens is 2. The van der Waals surface area contributed by atoms with Crippen LogP contribution in [0.3, 0.4) is 0 Å². The molecule has 0 aliphatic rings. The van der Waals surface area contributed by atoms with Crippen LogP contribution in [0.1, 0.15) is 21.5 Å². The van der Waals surface area contributed by atoms with Crippen molar-refractivity contribution in [1.82, 2.24) is 10.2 Å². The molecule has 0 saturated heterocycles. The van der Waals surface area contributed by atoms with Gasteiger partial charge in [-0.1, -0.05) is 23.8 Å². The van der Waals surface area contributed by atoms with Crippen molar-refractivity contribution >= 4 is 5.97 Å². The van der Waals surface area contributed by atoms with E-state index in [9.17, 15) is 9.59 Å². The van der Waals surface area contributed by atoms with Crippen LogP contribution in [-0.2, 0) is 0 Å². The first-order valence-electron chi connectivity index (χ1n) is 5.39. The first kappa shape index (κ1) is 12.0. The van der Waals surface area contributed by atoms with Gasteiger partial charge in [0.2, 0.25) is 0 Å². The van der Waals surface area contributed by atoms with Crippen LogP contribution in [0.2, 0.25) is 0 Å². The van der Waals surface area contributed by atoms with Crippen molar-refractivity contribution in [3.63, 3.8) is 0 Å². The lowest BCUT2D eigenvalue weighted by Crippen LogP contribution is -2.20. The van der Waals surface area contributed by atoms with Gasteiger partial charge in [-0.05, 0) is 25.0 Å². The smallest absolute Gasteiger partial charge is 0.342 e. The van der Waals surface area contributed by atoms with E-state index < -0.39 is 11.5 Å². The molecule has 0 bridgehead atoms. The summed E-state index contributed by atoms with van der Waals surface area (Å²) in [6.45, 7) is 3.82. The molecule has 1 aromatic carbocycles. The number of benzene rings is 1. The Morgan fingerprint density at radius 3 is 2.61 bits per heavy atom. The lowest BCUT2D eigenvalue weighted by molar-refractivity contribution is 0.0695. The molecule has 2 N–H and O–H groups in total. The lowest BCUT2D eigenvalue weighted by Gasteiger charge is -2.08. The molecule has 5 heteroatoms. The Kier molecular flexibility index (Phi) is 2.97. The summed E-state index contributed by atoms with van der Waals surface area (Å²) in [6, 6.07) is 5.60. The van der Waals surface area contributed by atoms with Gasteiger partial charge in [-0.3, -0.25) is 4.79 Å². The molecule has 92 valence electrons. The molecular formula is C13H12N2O3. The fourth-order valence-electron chi connectivity index (χ4n) is 1.93. The van der Waals surface area contributed by atoms with Crippen LogP contribution < -0.4 is 5.56 Å². The highest BCUT2D eigenvalue weighted by molar-refractivity contribution is 5.95. The predicted molar refractivity (Wildman–Crippen MR) is 66.7 cm³/mol. The van der Waals surface area contributed by atoms with Crippen LogP contribution >= 0.6 is 0 Å². The molecule has 0 saturated carbocycles. The topological polar surface area (TPSA) is 83.0 Å². The minimum absolute atomic E-state index is 0.281. The molecule has 0 fully saturated rings. The summed E-state index contributed by atoms with van der Waals surface area (Å²) in [4.78, 5) is 22.7. The molecule has 0 spiro atoms. The van der Waals surface area contributed by atoms with E-state index >= 15 is 0 Å². The number of nitrogens with zero attached hydrogens (tertiary/aromatic N) is 1. The summed E-state index contributed by atoms with van der Waals surface area (Å²) in [5, 5.41) is 14.9. The van der Waals surface area contributed by atoms with Gasteiger partial charge in [-0.25, -0.2) is 9.89 Å². The number of aromatic carboxylic acids is 1. The Bertz CT molecular complexity index is 674. The number of carboxylic acids is 1. The minimum Gasteiger partial charge on any atom is -0.477 e. The second kappa shape index (κ2) is 4.44. The maximum absolute atomic E-state index is 11.5. The van der Waals surface area contributed by atoms with Gasteiger partial charge in [0.25, 0.3) is 5.56 Å². The lowest BCUT2D eigenvalue weighted by atomic mass is 9.97. The molecule has 0 aliphatic carbocycles. The molecule has 0 unspecified atom stereocenters. The van der Waals surface area contributed by atoms with Crippen molar-refractivity contribution in [2.45, 2.75) is 13.8 Å². The van der Waals surface area contributed by atoms with Crippen LogP contribution in [-0.4, -0.2) is 21.3 Å². The highest BCUT2D eigenvalue weighted by atomic mass is 16.4. The van der Waals surface area contributed by atoms with E-state index in [0.29, 0.717) is 11.1 Å². The molecule has 0 amide bonds. The van der Waals surface area contributed by atoms with Crippen molar-refractivity contribution in [1.29, 1.82) is 0 Å². The number of hydrogen-bond acceptors (Lipinski definition) is 3. The molecule has 1 aromatic heterocycles. The third-order valence-corrected chi connectivity index (χ3v) is 2.74. The summed E-state index contributed by atoms with van der Waals surface area (Å²) in [5.74, 6) is -1.26. The van der Waals surface area contributed by atoms with Crippen molar-refractivity contribution < 1.29 is 9.90 Å². The van der Waals surface area contributed by atoms with E-state index in [-0.39, 0.29) is 5.56 Å². The van der Waals surface area contributed by atoms with Gasteiger partial charge < -0.3 is 5.11 Å². The average molecular weight is 244 g/mol. The van der Waals surface area contributed by atoms with Gasteiger partial charge >= 0.3 is 5.97 Å². The molecule has 1 heterocycles. The normalized spacial score (nSPS) is 10.3. The second-order valence-corrected chi connectivity index (χ2v) is 4.11. The zero-order valence-corrected chi connectivity index (χ0v) is 10.0. The van der Waals surface area contributed by atoms with Crippen LogP contribution in [0.15, 0.2) is 29.2 Å².